The van der Waals surface area contributed by atoms with Crippen LogP contribution in [-0.2, 0) is 9.59 Å². The first kappa shape index (κ1) is 22.2. The Balaban J connectivity index is 2.05. The number of amides is 1. The topological polar surface area (TPSA) is 76.1 Å². The molecular formula is C25H27NO5. The van der Waals surface area contributed by atoms with Gasteiger partial charge < -0.3 is 19.5 Å². The Hall–Kier alpha value is -3.54. The number of hydrogen-bond donors (Lipinski definition) is 1. The molecule has 3 rings (SSSR count). The molecule has 1 fully saturated rings. The SMILES string of the molecule is C=CCOc1ccc(C(O)=C2C(=O)C(=O)N(CCCC)[C@H]2c2ccc(OC)cc2)cc1. The third kappa shape index (κ3) is 4.63. The van der Waals surface area contributed by atoms with Crippen LogP contribution in [0.5, 0.6) is 11.5 Å². The molecule has 0 spiro atoms. The summed E-state index contributed by atoms with van der Waals surface area (Å²) in [7, 11) is 1.57. The van der Waals surface area contributed by atoms with Gasteiger partial charge in [-0.2, -0.15) is 0 Å². The fourth-order valence-electron chi connectivity index (χ4n) is 3.59. The Bertz CT molecular complexity index is 976. The molecule has 1 aliphatic rings. The number of likely N-dealkylation sites (tertiary alicyclic amines) is 1. The maximum atomic E-state index is 12.9. The van der Waals surface area contributed by atoms with Gasteiger partial charge in [0.05, 0.1) is 18.7 Å². The van der Waals surface area contributed by atoms with Gasteiger partial charge in [-0.15, -0.1) is 0 Å². The highest BCUT2D eigenvalue weighted by Gasteiger charge is 2.45. The fourth-order valence-corrected chi connectivity index (χ4v) is 3.59. The monoisotopic (exact) mass is 421 g/mol. The third-order valence-electron chi connectivity index (χ3n) is 5.22. The summed E-state index contributed by atoms with van der Waals surface area (Å²) in [4.78, 5) is 27.3. The number of ketones is 1. The average molecular weight is 421 g/mol. The third-order valence-corrected chi connectivity index (χ3v) is 5.22. The summed E-state index contributed by atoms with van der Waals surface area (Å²) in [6.45, 7) is 6.43. The van der Waals surface area contributed by atoms with Crippen LogP contribution in [0.4, 0.5) is 0 Å². The lowest BCUT2D eigenvalue weighted by atomic mass is 9.95. The highest BCUT2D eigenvalue weighted by atomic mass is 16.5. The Morgan fingerprint density at radius 3 is 2.32 bits per heavy atom. The van der Waals surface area contributed by atoms with Gasteiger partial charge in [0.2, 0.25) is 0 Å². The molecule has 1 aliphatic heterocycles. The van der Waals surface area contributed by atoms with Crippen molar-refractivity contribution < 1.29 is 24.2 Å². The van der Waals surface area contributed by atoms with Crippen molar-refractivity contribution in [2.24, 2.45) is 0 Å². The van der Waals surface area contributed by atoms with Gasteiger partial charge in [0.1, 0.15) is 23.9 Å². The van der Waals surface area contributed by atoms with Crippen molar-refractivity contribution in [1.82, 2.24) is 4.90 Å². The normalized spacial score (nSPS) is 17.6. The smallest absolute Gasteiger partial charge is 0.295 e. The predicted octanol–water partition coefficient (Wildman–Crippen LogP) is 4.48. The zero-order valence-electron chi connectivity index (χ0n) is 17.8. The molecule has 2 aromatic rings. The number of nitrogens with zero attached hydrogens (tertiary/aromatic N) is 1. The Morgan fingerprint density at radius 1 is 1.10 bits per heavy atom. The lowest BCUT2D eigenvalue weighted by Crippen LogP contribution is -2.30. The van der Waals surface area contributed by atoms with Crippen LogP contribution < -0.4 is 9.47 Å². The van der Waals surface area contributed by atoms with Gasteiger partial charge in [-0.25, -0.2) is 0 Å². The quantitative estimate of drug-likeness (QED) is 0.280. The van der Waals surface area contributed by atoms with E-state index in [1.807, 2.05) is 19.1 Å². The molecule has 0 bridgehead atoms. The number of unbranched alkanes of at least 4 members (excludes halogenated alkanes) is 1. The Kier molecular flexibility index (Phi) is 7.13. The molecule has 31 heavy (non-hydrogen) atoms. The summed E-state index contributed by atoms with van der Waals surface area (Å²) in [5, 5.41) is 11.0. The first-order chi connectivity index (χ1) is 15.0. The molecule has 1 saturated heterocycles. The van der Waals surface area contributed by atoms with E-state index in [2.05, 4.69) is 6.58 Å². The molecular weight excluding hydrogens is 394 g/mol. The highest BCUT2D eigenvalue weighted by Crippen LogP contribution is 2.40. The van der Waals surface area contributed by atoms with Crippen molar-refractivity contribution in [3.05, 3.63) is 77.9 Å². The summed E-state index contributed by atoms with van der Waals surface area (Å²) >= 11 is 0. The summed E-state index contributed by atoms with van der Waals surface area (Å²) < 4.78 is 10.7. The molecule has 1 amide bonds. The zero-order chi connectivity index (χ0) is 22.4. The van der Waals surface area contributed by atoms with Crippen LogP contribution in [0.15, 0.2) is 66.8 Å². The predicted molar refractivity (Wildman–Crippen MR) is 119 cm³/mol. The molecule has 2 aromatic carbocycles. The minimum atomic E-state index is -0.679. The number of methoxy groups -OCH3 is 1. The molecule has 1 atom stereocenters. The van der Waals surface area contributed by atoms with Crippen LogP contribution in [0.25, 0.3) is 5.76 Å². The van der Waals surface area contributed by atoms with E-state index in [1.165, 1.54) is 0 Å². The van der Waals surface area contributed by atoms with E-state index < -0.39 is 17.7 Å². The lowest BCUT2D eigenvalue weighted by Gasteiger charge is -2.25. The standard InChI is InChI=1S/C25H27NO5/c1-4-6-15-26-22(17-7-11-19(30-3)12-8-17)21(24(28)25(26)29)23(27)18-9-13-20(14-10-18)31-16-5-2/h5,7-14,22,27H,2,4,6,15-16H2,1,3H3/t22-/m0/s1. The minimum Gasteiger partial charge on any atom is -0.507 e. The van der Waals surface area contributed by atoms with Crippen molar-refractivity contribution >= 4 is 17.4 Å². The fraction of sp³-hybridized carbons (Fsp3) is 0.280. The van der Waals surface area contributed by atoms with E-state index in [4.69, 9.17) is 9.47 Å². The lowest BCUT2D eigenvalue weighted by molar-refractivity contribution is -0.139. The largest absolute Gasteiger partial charge is 0.507 e. The molecule has 0 radical (unpaired) electrons. The number of ether oxygens (including phenoxy) is 2. The number of carbonyl (C=O) groups excluding carboxylic acids is 2. The van der Waals surface area contributed by atoms with E-state index in [9.17, 15) is 14.7 Å². The van der Waals surface area contributed by atoms with Crippen LogP contribution in [0.2, 0.25) is 0 Å². The number of carbonyl (C=O) groups is 2. The maximum Gasteiger partial charge on any atom is 0.295 e. The average Bonchev–Trinajstić information content (AvgIpc) is 3.06. The van der Waals surface area contributed by atoms with Crippen LogP contribution in [0.1, 0.15) is 36.9 Å². The van der Waals surface area contributed by atoms with Gasteiger partial charge in [-0.3, -0.25) is 9.59 Å². The van der Waals surface area contributed by atoms with E-state index in [0.29, 0.717) is 30.2 Å². The number of hydrogen-bond acceptors (Lipinski definition) is 5. The number of aliphatic hydroxyl groups excluding tert-OH is 1. The molecule has 1 N–H and O–H groups in total. The van der Waals surface area contributed by atoms with Crippen LogP contribution in [-0.4, -0.2) is 42.0 Å². The summed E-state index contributed by atoms with van der Waals surface area (Å²) in [6.07, 6.45) is 3.28. The molecule has 6 heteroatoms. The van der Waals surface area contributed by atoms with Crippen molar-refractivity contribution in [2.75, 3.05) is 20.3 Å². The zero-order valence-corrected chi connectivity index (χ0v) is 17.8. The first-order valence-corrected chi connectivity index (χ1v) is 10.3. The van der Waals surface area contributed by atoms with Crippen LogP contribution in [0.3, 0.4) is 0 Å². The van der Waals surface area contributed by atoms with Crippen molar-refractivity contribution in [3.63, 3.8) is 0 Å². The van der Waals surface area contributed by atoms with Gasteiger partial charge in [0.15, 0.2) is 0 Å². The van der Waals surface area contributed by atoms with Crippen molar-refractivity contribution in [1.29, 1.82) is 0 Å². The second kappa shape index (κ2) is 9.98. The number of Topliss-reactive ketones (excluding diaryl/α,β-unsaturated/α-hetero) is 1. The molecule has 0 unspecified atom stereocenters. The van der Waals surface area contributed by atoms with E-state index in [0.717, 1.165) is 18.4 Å². The van der Waals surface area contributed by atoms with Gasteiger partial charge in [-0.05, 0) is 48.4 Å². The maximum absolute atomic E-state index is 12.9. The Morgan fingerprint density at radius 2 is 1.74 bits per heavy atom. The second-order valence-corrected chi connectivity index (χ2v) is 7.24. The number of rotatable bonds is 9. The summed E-state index contributed by atoms with van der Waals surface area (Å²) in [5.74, 6) is -0.187. The second-order valence-electron chi connectivity index (χ2n) is 7.24. The van der Waals surface area contributed by atoms with Gasteiger partial charge >= 0.3 is 0 Å². The van der Waals surface area contributed by atoms with E-state index >= 15 is 0 Å². The molecule has 0 saturated carbocycles. The number of aliphatic hydroxyl groups is 1. The molecule has 6 nitrogen and oxygen atoms in total. The molecule has 0 aromatic heterocycles. The molecule has 1 heterocycles. The van der Waals surface area contributed by atoms with Crippen molar-refractivity contribution in [3.8, 4) is 11.5 Å². The highest BCUT2D eigenvalue weighted by molar-refractivity contribution is 6.46. The van der Waals surface area contributed by atoms with E-state index in [-0.39, 0.29) is 11.3 Å². The van der Waals surface area contributed by atoms with E-state index in [1.54, 1.807) is 54.5 Å². The Labute approximate surface area is 182 Å². The molecule has 0 aliphatic carbocycles. The van der Waals surface area contributed by atoms with Gasteiger partial charge in [-0.1, -0.05) is 38.1 Å². The number of benzene rings is 2. The van der Waals surface area contributed by atoms with Crippen LogP contribution >= 0.6 is 0 Å². The van der Waals surface area contributed by atoms with Gasteiger partial charge in [0, 0.05) is 12.1 Å². The molecule has 162 valence electrons. The van der Waals surface area contributed by atoms with Gasteiger partial charge in [0.25, 0.3) is 11.7 Å². The van der Waals surface area contributed by atoms with Crippen molar-refractivity contribution in [2.45, 2.75) is 25.8 Å². The van der Waals surface area contributed by atoms with Crippen LogP contribution in [0, 0.1) is 0 Å². The minimum absolute atomic E-state index is 0.0889. The first-order valence-electron chi connectivity index (χ1n) is 10.3. The summed E-state index contributed by atoms with van der Waals surface area (Å²) in [6, 6.07) is 13.3. The summed E-state index contributed by atoms with van der Waals surface area (Å²) in [5.41, 5.74) is 1.27.